The average Bonchev–Trinajstić information content (AvgIpc) is 3.20. The molecule has 0 saturated carbocycles. The number of fused-ring (bicyclic) bond motifs is 3. The molecule has 186 valence electrons. The molecule has 0 bridgehead atoms. The largest absolute Gasteiger partial charge is 0.481 e. The number of ether oxygens (including phenoxy) is 1. The molecule has 0 radical (unpaired) electrons. The fourth-order valence-corrected chi connectivity index (χ4v) is 5.41. The van der Waals surface area contributed by atoms with Crippen LogP contribution in [0.25, 0.3) is 11.1 Å². The Morgan fingerprint density at radius 2 is 1.74 bits per heavy atom. The summed E-state index contributed by atoms with van der Waals surface area (Å²) >= 11 is 0. The summed E-state index contributed by atoms with van der Waals surface area (Å²) in [6.45, 7) is 5.08. The monoisotopic (exact) mass is 478 g/mol. The normalized spacial score (nSPS) is 20.0. The molecule has 1 fully saturated rings. The van der Waals surface area contributed by atoms with Crippen LogP contribution in [-0.4, -0.2) is 54.2 Å². The van der Waals surface area contributed by atoms with Crippen LogP contribution >= 0.6 is 0 Å². The van der Waals surface area contributed by atoms with E-state index in [2.05, 4.69) is 29.6 Å². The number of carboxylic acid groups (broad SMARTS) is 1. The molecule has 0 spiro atoms. The van der Waals surface area contributed by atoms with Crippen LogP contribution in [0.3, 0.4) is 0 Å². The van der Waals surface area contributed by atoms with Crippen molar-refractivity contribution in [3.63, 3.8) is 0 Å². The second-order valence-corrected chi connectivity index (χ2v) is 9.74. The molecule has 2 aromatic carbocycles. The van der Waals surface area contributed by atoms with Gasteiger partial charge in [0.25, 0.3) is 0 Å². The van der Waals surface area contributed by atoms with Crippen LogP contribution in [0.15, 0.2) is 48.5 Å². The maximum Gasteiger partial charge on any atom is 0.407 e. The molecule has 2 unspecified atom stereocenters. The fourth-order valence-electron chi connectivity index (χ4n) is 5.41. The van der Waals surface area contributed by atoms with E-state index in [0.29, 0.717) is 38.8 Å². The Balaban J connectivity index is 1.26. The van der Waals surface area contributed by atoms with Gasteiger partial charge in [0.1, 0.15) is 6.61 Å². The molecule has 7 heteroatoms. The number of carbonyl (C=O) groups is 3. The Kier molecular flexibility index (Phi) is 7.43. The Morgan fingerprint density at radius 1 is 1.11 bits per heavy atom. The Morgan fingerprint density at radius 3 is 2.34 bits per heavy atom. The number of hydrogen-bond acceptors (Lipinski definition) is 4. The van der Waals surface area contributed by atoms with E-state index in [-0.39, 0.29) is 30.9 Å². The maximum absolute atomic E-state index is 12.9. The first-order valence-electron chi connectivity index (χ1n) is 12.5. The molecule has 1 aliphatic carbocycles. The Labute approximate surface area is 206 Å². The summed E-state index contributed by atoms with van der Waals surface area (Å²) < 4.78 is 5.56. The standard InChI is InChI=1S/C28H34N2O5/c1-3-28(26(32)33)14-8-16-30(18-28)25(31)19(2)13-15-29-27(34)35-17-24-22-11-6-4-9-20(22)21-10-5-7-12-23(21)24/h4-7,9-12,19,24H,3,8,13-18H2,1-2H3,(H,29,34)(H,32,33). The molecule has 4 rings (SSSR count). The number of rotatable bonds is 8. The van der Waals surface area contributed by atoms with Crippen molar-refractivity contribution in [2.24, 2.45) is 11.3 Å². The Hall–Kier alpha value is -3.35. The van der Waals surface area contributed by atoms with Crippen LogP contribution in [0.2, 0.25) is 0 Å². The summed E-state index contributed by atoms with van der Waals surface area (Å²) in [4.78, 5) is 38.8. The highest BCUT2D eigenvalue weighted by atomic mass is 16.5. The van der Waals surface area contributed by atoms with E-state index in [4.69, 9.17) is 4.74 Å². The second-order valence-electron chi connectivity index (χ2n) is 9.74. The third-order valence-electron chi connectivity index (χ3n) is 7.63. The number of piperidine rings is 1. The van der Waals surface area contributed by atoms with E-state index in [1.165, 1.54) is 11.1 Å². The number of nitrogens with zero attached hydrogens (tertiary/aromatic N) is 1. The maximum atomic E-state index is 12.9. The van der Waals surface area contributed by atoms with Gasteiger partial charge >= 0.3 is 12.1 Å². The minimum Gasteiger partial charge on any atom is -0.481 e. The molecule has 1 heterocycles. The summed E-state index contributed by atoms with van der Waals surface area (Å²) in [5.41, 5.74) is 3.82. The van der Waals surface area contributed by atoms with E-state index >= 15 is 0 Å². The number of nitrogens with one attached hydrogen (secondary N) is 1. The van der Waals surface area contributed by atoms with Crippen molar-refractivity contribution in [1.29, 1.82) is 0 Å². The molecule has 7 nitrogen and oxygen atoms in total. The molecule has 2 aliphatic rings. The highest BCUT2D eigenvalue weighted by molar-refractivity contribution is 5.81. The van der Waals surface area contributed by atoms with E-state index in [1.807, 2.05) is 38.1 Å². The van der Waals surface area contributed by atoms with Gasteiger partial charge in [-0.15, -0.1) is 0 Å². The third-order valence-corrected chi connectivity index (χ3v) is 7.63. The van der Waals surface area contributed by atoms with Crippen LogP contribution in [0, 0.1) is 11.3 Å². The molecule has 2 aromatic rings. The van der Waals surface area contributed by atoms with Gasteiger partial charge < -0.3 is 20.1 Å². The first-order valence-corrected chi connectivity index (χ1v) is 12.5. The lowest BCUT2D eigenvalue weighted by atomic mass is 9.77. The van der Waals surface area contributed by atoms with E-state index in [0.717, 1.165) is 11.1 Å². The lowest BCUT2D eigenvalue weighted by Gasteiger charge is -2.40. The van der Waals surface area contributed by atoms with Crippen molar-refractivity contribution in [2.75, 3.05) is 26.2 Å². The van der Waals surface area contributed by atoms with Crippen LogP contribution < -0.4 is 5.32 Å². The van der Waals surface area contributed by atoms with Crippen LogP contribution in [-0.2, 0) is 14.3 Å². The molecule has 2 amide bonds. The van der Waals surface area contributed by atoms with Crippen LogP contribution in [0.5, 0.6) is 0 Å². The van der Waals surface area contributed by atoms with Gasteiger partial charge in [-0.05, 0) is 47.9 Å². The molecule has 2 atom stereocenters. The number of carbonyl (C=O) groups excluding carboxylic acids is 2. The van der Waals surface area contributed by atoms with Gasteiger partial charge in [0.15, 0.2) is 0 Å². The van der Waals surface area contributed by atoms with Gasteiger partial charge in [-0.1, -0.05) is 62.4 Å². The first kappa shape index (κ1) is 24.8. The van der Waals surface area contributed by atoms with Gasteiger partial charge in [-0.3, -0.25) is 9.59 Å². The topological polar surface area (TPSA) is 95.9 Å². The number of amides is 2. The zero-order chi connectivity index (χ0) is 25.0. The number of benzene rings is 2. The lowest BCUT2D eigenvalue weighted by molar-refractivity contribution is -0.156. The van der Waals surface area contributed by atoms with Gasteiger partial charge in [0.05, 0.1) is 5.41 Å². The highest BCUT2D eigenvalue weighted by Crippen LogP contribution is 2.44. The zero-order valence-corrected chi connectivity index (χ0v) is 20.5. The second kappa shape index (κ2) is 10.5. The van der Waals surface area contributed by atoms with E-state index in [1.54, 1.807) is 4.90 Å². The molecule has 1 saturated heterocycles. The highest BCUT2D eigenvalue weighted by Gasteiger charge is 2.42. The zero-order valence-electron chi connectivity index (χ0n) is 20.5. The minimum atomic E-state index is -0.854. The predicted molar refractivity (Wildman–Crippen MR) is 133 cm³/mol. The number of carboxylic acids is 1. The molecule has 2 N–H and O–H groups in total. The van der Waals surface area contributed by atoms with Crippen molar-refractivity contribution in [1.82, 2.24) is 10.2 Å². The summed E-state index contributed by atoms with van der Waals surface area (Å²) in [6, 6.07) is 16.4. The van der Waals surface area contributed by atoms with Crippen molar-refractivity contribution in [3.05, 3.63) is 59.7 Å². The van der Waals surface area contributed by atoms with Crippen LogP contribution in [0.4, 0.5) is 4.79 Å². The SMILES string of the molecule is CCC1(C(=O)O)CCCN(C(=O)C(C)CCNC(=O)OCC2c3ccccc3-c3ccccc32)C1. The molecule has 35 heavy (non-hydrogen) atoms. The summed E-state index contributed by atoms with van der Waals surface area (Å²) in [7, 11) is 0. The Bertz CT molecular complexity index is 1050. The van der Waals surface area contributed by atoms with E-state index < -0.39 is 17.5 Å². The van der Waals surface area contributed by atoms with Crippen LogP contribution in [0.1, 0.15) is 56.6 Å². The molecular formula is C28H34N2O5. The smallest absolute Gasteiger partial charge is 0.407 e. The predicted octanol–water partition coefficient (Wildman–Crippen LogP) is 4.65. The van der Waals surface area contributed by atoms with Gasteiger partial charge in [0, 0.05) is 31.5 Å². The minimum absolute atomic E-state index is 0.000760. The first-order chi connectivity index (χ1) is 16.9. The third kappa shape index (κ3) is 5.04. The number of likely N-dealkylation sites (tertiary alicyclic amines) is 1. The number of alkyl carbamates (subject to hydrolysis) is 1. The average molecular weight is 479 g/mol. The van der Waals surface area contributed by atoms with Gasteiger partial charge in [0.2, 0.25) is 5.91 Å². The van der Waals surface area contributed by atoms with Crippen molar-refractivity contribution in [2.45, 2.75) is 45.4 Å². The summed E-state index contributed by atoms with van der Waals surface area (Å²) in [5.74, 6) is -1.20. The van der Waals surface area contributed by atoms with Gasteiger partial charge in [-0.2, -0.15) is 0 Å². The summed E-state index contributed by atoms with van der Waals surface area (Å²) in [5, 5.41) is 12.4. The molecular weight excluding hydrogens is 444 g/mol. The lowest BCUT2D eigenvalue weighted by Crippen LogP contribution is -2.51. The summed E-state index contributed by atoms with van der Waals surface area (Å²) in [6.07, 6.45) is 1.76. The van der Waals surface area contributed by atoms with E-state index in [9.17, 15) is 19.5 Å². The molecule has 1 aliphatic heterocycles. The number of aliphatic carboxylic acids is 1. The van der Waals surface area contributed by atoms with Crippen molar-refractivity contribution < 1.29 is 24.2 Å². The molecule has 0 aromatic heterocycles. The number of hydrogen-bond donors (Lipinski definition) is 2. The fraction of sp³-hybridized carbons (Fsp3) is 0.464. The van der Waals surface area contributed by atoms with Gasteiger partial charge in [-0.25, -0.2) is 4.79 Å². The van der Waals surface area contributed by atoms with Crippen molar-refractivity contribution >= 4 is 18.0 Å². The van der Waals surface area contributed by atoms with Crippen molar-refractivity contribution in [3.8, 4) is 11.1 Å². The quantitative estimate of drug-likeness (QED) is 0.576.